The van der Waals surface area contributed by atoms with Crippen LogP contribution in [0.5, 0.6) is 0 Å². The second-order valence-corrected chi connectivity index (χ2v) is 13.3. The standard InChI is InChI=1S/C51H30N4O2/c1-6-22-42-35(15-1)36-16-2-7-23-43(36)55(42)44-24-8-3-19-40(44)51-53-49(52-50(54-51)33-27-28-47-41(30-33)38-18-5-9-25-45(38)56-47)32-14-11-13-31(29-32)34-20-12-21-39-37-17-4-10-26-46(37)57-48(34)39/h1-30H/i1D,2D,4D,6D,10D,12D,15D,16D,17D,20D,21D,22D,23D,26D. The summed E-state index contributed by atoms with van der Waals surface area (Å²) >= 11 is 0. The largest absolute Gasteiger partial charge is 0.456 e. The molecule has 4 heterocycles. The average molecular weight is 745 g/mol. The van der Waals surface area contributed by atoms with Crippen molar-refractivity contribution in [2.75, 3.05) is 0 Å². The van der Waals surface area contributed by atoms with Crippen LogP contribution >= 0.6 is 0 Å². The van der Waals surface area contributed by atoms with Crippen molar-refractivity contribution in [2.24, 2.45) is 0 Å². The Morgan fingerprint density at radius 3 is 2.04 bits per heavy atom. The molecular formula is C51H30N4O2. The molecule has 12 aromatic rings. The fourth-order valence-electron chi connectivity index (χ4n) is 7.53. The molecule has 0 saturated heterocycles. The average Bonchev–Trinajstić information content (AvgIpc) is 4.08. The number of fused-ring (bicyclic) bond motifs is 9. The SMILES string of the molecule is [2H]c1cc([2H])c2c(c1[2H])c1c([2H])c([2H])c([2H])c([2H])c1n2-c1ccccc1-c1nc(-c2cccc(-c3c([2H])c([2H])c([2H])c4c3oc3c([2H])c([2H])c([2H])c([2H])c34)c2)nc(-c2ccc3oc4ccccc4c3c2)n1. The number of rotatable bonds is 5. The van der Waals surface area contributed by atoms with Crippen LogP contribution in [-0.2, 0) is 0 Å². The van der Waals surface area contributed by atoms with Gasteiger partial charge in [0.1, 0.15) is 22.3 Å². The normalized spacial score (nSPS) is 15.3. The molecule has 266 valence electrons. The molecule has 0 saturated carbocycles. The molecule has 0 amide bonds. The maximum absolute atomic E-state index is 9.17. The van der Waals surface area contributed by atoms with Crippen LogP contribution in [0.25, 0.3) is 117 Å². The first-order valence-corrected chi connectivity index (χ1v) is 17.9. The summed E-state index contributed by atoms with van der Waals surface area (Å²) < 4.78 is 137. The minimum Gasteiger partial charge on any atom is -0.456 e. The maximum atomic E-state index is 9.17. The highest BCUT2D eigenvalue weighted by Gasteiger charge is 2.20. The predicted molar refractivity (Wildman–Crippen MR) is 230 cm³/mol. The predicted octanol–water partition coefficient (Wildman–Crippen LogP) is 13.4. The molecule has 0 radical (unpaired) electrons. The van der Waals surface area contributed by atoms with Gasteiger partial charge >= 0.3 is 0 Å². The molecule has 57 heavy (non-hydrogen) atoms. The molecule has 0 bridgehead atoms. The molecule has 12 rings (SSSR count). The summed E-state index contributed by atoms with van der Waals surface area (Å²) in [5.41, 5.74) is 2.99. The van der Waals surface area contributed by atoms with Crippen molar-refractivity contribution in [3.8, 4) is 51.0 Å². The highest BCUT2D eigenvalue weighted by atomic mass is 16.3. The van der Waals surface area contributed by atoms with Gasteiger partial charge < -0.3 is 13.4 Å². The molecule has 0 atom stereocenters. The van der Waals surface area contributed by atoms with Crippen molar-refractivity contribution in [3.63, 3.8) is 0 Å². The van der Waals surface area contributed by atoms with Crippen molar-refractivity contribution in [3.05, 3.63) is 182 Å². The van der Waals surface area contributed by atoms with Gasteiger partial charge in [-0.2, -0.15) is 0 Å². The lowest BCUT2D eigenvalue weighted by molar-refractivity contribution is 0.669. The zero-order chi connectivity index (χ0) is 49.6. The van der Waals surface area contributed by atoms with E-state index in [0.717, 1.165) is 10.8 Å². The van der Waals surface area contributed by atoms with E-state index in [-0.39, 0.29) is 96.6 Å². The van der Waals surface area contributed by atoms with Gasteiger partial charge in [-0.05, 0) is 66.2 Å². The first kappa shape index (κ1) is 20.7. The summed E-state index contributed by atoms with van der Waals surface area (Å²) in [7, 11) is 0. The van der Waals surface area contributed by atoms with Crippen LogP contribution in [0.2, 0.25) is 0 Å². The summed E-state index contributed by atoms with van der Waals surface area (Å²) in [6, 6.07) is 21.8. The molecule has 0 aliphatic carbocycles. The van der Waals surface area contributed by atoms with E-state index < -0.39 is 60.4 Å². The Kier molecular flexibility index (Phi) is 4.49. The molecule has 4 aromatic heterocycles. The molecule has 0 unspecified atom stereocenters. The van der Waals surface area contributed by atoms with Crippen LogP contribution < -0.4 is 0 Å². The topological polar surface area (TPSA) is 69.9 Å². The number of hydrogen-bond donors (Lipinski definition) is 0. The van der Waals surface area contributed by atoms with Gasteiger partial charge in [0.15, 0.2) is 17.5 Å². The number of aromatic nitrogens is 4. The van der Waals surface area contributed by atoms with Crippen LogP contribution in [0.15, 0.2) is 190 Å². The molecule has 6 nitrogen and oxygen atoms in total. The number of para-hydroxylation sites is 6. The third kappa shape index (κ3) is 4.94. The molecule has 0 N–H and O–H groups in total. The number of hydrogen-bond acceptors (Lipinski definition) is 5. The van der Waals surface area contributed by atoms with Gasteiger partial charge in [-0.25, -0.2) is 15.0 Å². The van der Waals surface area contributed by atoms with E-state index in [1.165, 1.54) is 10.6 Å². The molecule has 0 fully saturated rings. The smallest absolute Gasteiger partial charge is 0.166 e. The quantitative estimate of drug-likeness (QED) is 0.175. The zero-order valence-electron chi connectivity index (χ0n) is 43.3. The van der Waals surface area contributed by atoms with E-state index in [9.17, 15) is 0 Å². The van der Waals surface area contributed by atoms with Crippen LogP contribution in [0.3, 0.4) is 0 Å². The molecule has 0 aliphatic rings. The van der Waals surface area contributed by atoms with E-state index >= 15 is 0 Å². The maximum Gasteiger partial charge on any atom is 0.166 e. The lowest BCUT2D eigenvalue weighted by Crippen LogP contribution is -2.03. The van der Waals surface area contributed by atoms with Gasteiger partial charge in [-0.3, -0.25) is 0 Å². The lowest BCUT2D eigenvalue weighted by Gasteiger charge is -2.14. The fraction of sp³-hybridized carbons (Fsp3) is 0. The van der Waals surface area contributed by atoms with Crippen molar-refractivity contribution >= 4 is 65.7 Å². The second-order valence-electron chi connectivity index (χ2n) is 13.3. The zero-order valence-corrected chi connectivity index (χ0v) is 29.3. The Bertz CT molecular complexity index is 4370. The highest BCUT2D eigenvalue weighted by molar-refractivity contribution is 6.11. The lowest BCUT2D eigenvalue weighted by atomic mass is 10.00. The second kappa shape index (κ2) is 12.3. The highest BCUT2D eigenvalue weighted by Crippen LogP contribution is 2.39. The summed E-state index contributed by atoms with van der Waals surface area (Å²) in [5, 5.41) is 1.50. The Morgan fingerprint density at radius 2 is 1.11 bits per heavy atom. The summed E-state index contributed by atoms with van der Waals surface area (Å²) in [5.74, 6) is 0.405. The van der Waals surface area contributed by atoms with Gasteiger partial charge in [0.2, 0.25) is 0 Å². The number of furan rings is 2. The summed E-state index contributed by atoms with van der Waals surface area (Å²) in [4.78, 5) is 15.1. The molecule has 0 spiro atoms. The number of benzene rings is 8. The monoisotopic (exact) mass is 744 g/mol. The van der Waals surface area contributed by atoms with Crippen LogP contribution in [0, 0.1) is 0 Å². The Balaban J connectivity index is 1.14. The van der Waals surface area contributed by atoms with Gasteiger partial charge in [0.25, 0.3) is 0 Å². The van der Waals surface area contributed by atoms with E-state index in [4.69, 9.17) is 43.0 Å². The molecule has 6 heteroatoms. The van der Waals surface area contributed by atoms with Crippen LogP contribution in [0.1, 0.15) is 19.2 Å². The van der Waals surface area contributed by atoms with Gasteiger partial charge in [0, 0.05) is 54.6 Å². The minimum absolute atomic E-state index is 0.00793. The first-order valence-electron chi connectivity index (χ1n) is 24.9. The van der Waals surface area contributed by atoms with Crippen molar-refractivity contribution in [2.45, 2.75) is 0 Å². The third-order valence-corrected chi connectivity index (χ3v) is 10.1. The molecule has 8 aromatic carbocycles. The van der Waals surface area contributed by atoms with E-state index in [0.29, 0.717) is 33.4 Å². The van der Waals surface area contributed by atoms with Crippen LogP contribution in [-0.4, -0.2) is 19.5 Å². The summed E-state index contributed by atoms with van der Waals surface area (Å²) in [6.45, 7) is 0. The van der Waals surface area contributed by atoms with Crippen LogP contribution in [0.4, 0.5) is 0 Å². The summed E-state index contributed by atoms with van der Waals surface area (Å²) in [6.07, 6.45) is 0. The van der Waals surface area contributed by atoms with E-state index in [1.807, 2.05) is 36.4 Å². The minimum atomic E-state index is -0.539. The Morgan fingerprint density at radius 1 is 0.404 bits per heavy atom. The van der Waals surface area contributed by atoms with Gasteiger partial charge in [0.05, 0.1) is 35.9 Å². The Labute approximate surface area is 345 Å². The molecular weight excluding hydrogens is 701 g/mol. The third-order valence-electron chi connectivity index (χ3n) is 10.1. The van der Waals surface area contributed by atoms with Gasteiger partial charge in [-0.1, -0.05) is 121 Å². The van der Waals surface area contributed by atoms with E-state index in [2.05, 4.69) is 0 Å². The fourth-order valence-corrected chi connectivity index (χ4v) is 7.53. The van der Waals surface area contributed by atoms with Crippen molar-refractivity contribution in [1.82, 2.24) is 19.5 Å². The van der Waals surface area contributed by atoms with E-state index in [1.54, 1.807) is 54.6 Å². The Hall–Kier alpha value is -7.83. The van der Waals surface area contributed by atoms with Gasteiger partial charge in [-0.15, -0.1) is 0 Å². The first-order chi connectivity index (χ1) is 34.0. The van der Waals surface area contributed by atoms with Crippen molar-refractivity contribution < 1.29 is 28.0 Å². The van der Waals surface area contributed by atoms with Crippen molar-refractivity contribution in [1.29, 1.82) is 0 Å². The molecule has 0 aliphatic heterocycles. The number of nitrogens with zero attached hydrogens (tertiary/aromatic N) is 4.